The van der Waals surface area contributed by atoms with Crippen LogP contribution in [0.25, 0.3) is 22.2 Å². The summed E-state index contributed by atoms with van der Waals surface area (Å²) < 4.78 is 18.2. The van der Waals surface area contributed by atoms with E-state index in [0.717, 1.165) is 5.56 Å². The van der Waals surface area contributed by atoms with Crippen molar-refractivity contribution in [2.45, 2.75) is 0 Å². The molecule has 4 aromatic rings. The summed E-state index contributed by atoms with van der Waals surface area (Å²) in [6.07, 6.45) is 0. The van der Waals surface area contributed by atoms with Crippen LogP contribution in [0.15, 0.2) is 78.9 Å². The molecule has 0 saturated carbocycles. The summed E-state index contributed by atoms with van der Waals surface area (Å²) in [4.78, 5) is 29.8. The molecule has 0 fully saturated rings. The van der Waals surface area contributed by atoms with Gasteiger partial charge in [0.25, 0.3) is 11.8 Å². The number of aromatic nitrogens is 1. The van der Waals surface area contributed by atoms with Crippen molar-refractivity contribution < 1.29 is 18.7 Å². The number of carbonyl (C=O) groups excluding carboxylic acids is 2. The van der Waals surface area contributed by atoms with Crippen molar-refractivity contribution in [3.8, 4) is 17.0 Å². The molecule has 0 unspecified atom stereocenters. The molecule has 6 nitrogen and oxygen atoms in total. The number of ether oxygens (including phenoxy) is 1. The minimum Gasteiger partial charge on any atom is -0.497 e. The van der Waals surface area contributed by atoms with Crippen LogP contribution in [-0.4, -0.2) is 23.9 Å². The van der Waals surface area contributed by atoms with Crippen LogP contribution in [0.5, 0.6) is 5.75 Å². The van der Waals surface area contributed by atoms with Crippen LogP contribution in [0.2, 0.25) is 0 Å². The van der Waals surface area contributed by atoms with Gasteiger partial charge in [0.1, 0.15) is 11.6 Å². The highest BCUT2D eigenvalue weighted by Gasteiger charge is 2.15. The molecule has 0 aliphatic carbocycles. The first-order valence-electron chi connectivity index (χ1n) is 9.45. The Bertz CT molecular complexity index is 1260. The van der Waals surface area contributed by atoms with Crippen molar-refractivity contribution in [3.05, 3.63) is 95.8 Å². The van der Waals surface area contributed by atoms with E-state index in [9.17, 15) is 14.0 Å². The van der Waals surface area contributed by atoms with Crippen LogP contribution >= 0.6 is 0 Å². The molecule has 4 rings (SSSR count). The first-order chi connectivity index (χ1) is 15.0. The number of halogens is 1. The number of fused-ring (bicyclic) bond motifs is 1. The molecule has 3 aromatic carbocycles. The zero-order chi connectivity index (χ0) is 21.8. The van der Waals surface area contributed by atoms with Crippen LogP contribution < -0.4 is 15.6 Å². The lowest BCUT2D eigenvalue weighted by Crippen LogP contribution is -2.41. The summed E-state index contributed by atoms with van der Waals surface area (Å²) in [5, 5.41) is 0.647. The van der Waals surface area contributed by atoms with Crippen LogP contribution in [0.3, 0.4) is 0 Å². The van der Waals surface area contributed by atoms with Crippen molar-refractivity contribution in [2.75, 3.05) is 7.11 Å². The molecule has 0 aliphatic heterocycles. The monoisotopic (exact) mass is 415 g/mol. The standard InChI is InChI=1S/C24H18FN3O3/c1-31-18-12-8-15(9-13-18)22-14-20(19-4-2-3-5-21(19)26-22)24(30)28-27-23(29)16-6-10-17(25)11-7-16/h2-14H,1H3,(H,27,29)(H,28,30). The van der Waals surface area contributed by atoms with E-state index in [1.54, 1.807) is 19.2 Å². The number of hydrogen-bond acceptors (Lipinski definition) is 4. The molecule has 2 N–H and O–H groups in total. The number of carbonyl (C=O) groups is 2. The predicted molar refractivity (Wildman–Crippen MR) is 115 cm³/mol. The first-order valence-corrected chi connectivity index (χ1v) is 9.45. The maximum Gasteiger partial charge on any atom is 0.270 e. The highest BCUT2D eigenvalue weighted by Crippen LogP contribution is 2.26. The first kappa shape index (κ1) is 20.0. The van der Waals surface area contributed by atoms with E-state index >= 15 is 0 Å². The maximum atomic E-state index is 13.0. The van der Waals surface area contributed by atoms with Gasteiger partial charge in [-0.2, -0.15) is 0 Å². The topological polar surface area (TPSA) is 80.3 Å². The molecule has 0 aliphatic rings. The van der Waals surface area contributed by atoms with E-state index in [-0.39, 0.29) is 5.56 Å². The minimum absolute atomic E-state index is 0.222. The number of para-hydroxylation sites is 1. The average Bonchev–Trinajstić information content (AvgIpc) is 2.82. The fraction of sp³-hybridized carbons (Fsp3) is 0.0417. The second-order valence-electron chi connectivity index (χ2n) is 6.72. The summed E-state index contributed by atoms with van der Waals surface area (Å²) in [6, 6.07) is 21.3. The van der Waals surface area contributed by atoms with Gasteiger partial charge in [0, 0.05) is 16.5 Å². The molecular weight excluding hydrogens is 397 g/mol. The summed E-state index contributed by atoms with van der Waals surface area (Å²) in [5.41, 5.74) is 7.43. The van der Waals surface area contributed by atoms with E-state index < -0.39 is 17.6 Å². The smallest absolute Gasteiger partial charge is 0.270 e. The quantitative estimate of drug-likeness (QED) is 0.492. The van der Waals surface area contributed by atoms with Crippen LogP contribution in [-0.2, 0) is 0 Å². The van der Waals surface area contributed by atoms with Gasteiger partial charge < -0.3 is 4.74 Å². The van der Waals surface area contributed by atoms with Crippen molar-refractivity contribution in [1.82, 2.24) is 15.8 Å². The van der Waals surface area contributed by atoms with E-state index in [4.69, 9.17) is 4.74 Å². The molecule has 0 saturated heterocycles. The van der Waals surface area contributed by atoms with E-state index in [2.05, 4.69) is 15.8 Å². The maximum absolute atomic E-state index is 13.0. The summed E-state index contributed by atoms with van der Waals surface area (Å²) in [7, 11) is 1.59. The third-order valence-electron chi connectivity index (χ3n) is 4.74. The van der Waals surface area contributed by atoms with Gasteiger partial charge in [-0.15, -0.1) is 0 Å². The molecule has 0 radical (unpaired) electrons. The zero-order valence-corrected chi connectivity index (χ0v) is 16.6. The lowest BCUT2D eigenvalue weighted by atomic mass is 10.0. The highest BCUT2D eigenvalue weighted by molar-refractivity contribution is 6.08. The number of pyridine rings is 1. The van der Waals surface area contributed by atoms with Crippen molar-refractivity contribution in [1.29, 1.82) is 0 Å². The summed E-state index contributed by atoms with van der Waals surface area (Å²) in [6.45, 7) is 0. The molecule has 154 valence electrons. The Hall–Kier alpha value is -4.26. The van der Waals surface area contributed by atoms with E-state index in [1.165, 1.54) is 24.3 Å². The van der Waals surface area contributed by atoms with Gasteiger partial charge in [0.05, 0.1) is 23.9 Å². The lowest BCUT2D eigenvalue weighted by molar-refractivity contribution is 0.0847. The van der Waals surface area contributed by atoms with Gasteiger partial charge in [0.2, 0.25) is 0 Å². The van der Waals surface area contributed by atoms with Crippen LogP contribution in [0.4, 0.5) is 4.39 Å². The second kappa shape index (κ2) is 8.62. The zero-order valence-electron chi connectivity index (χ0n) is 16.6. The van der Waals surface area contributed by atoms with Gasteiger partial charge in [-0.1, -0.05) is 18.2 Å². The Balaban J connectivity index is 1.62. The number of hydrogen-bond donors (Lipinski definition) is 2. The van der Waals surface area contributed by atoms with Crippen molar-refractivity contribution >= 4 is 22.7 Å². The van der Waals surface area contributed by atoms with Crippen LogP contribution in [0.1, 0.15) is 20.7 Å². The number of methoxy groups -OCH3 is 1. The Morgan fingerprint density at radius 3 is 2.26 bits per heavy atom. The van der Waals surface area contributed by atoms with Crippen molar-refractivity contribution in [3.63, 3.8) is 0 Å². The summed E-state index contributed by atoms with van der Waals surface area (Å²) >= 11 is 0. The van der Waals surface area contributed by atoms with Crippen LogP contribution in [0, 0.1) is 5.82 Å². The lowest BCUT2D eigenvalue weighted by Gasteiger charge is -2.12. The Kier molecular flexibility index (Phi) is 5.57. The van der Waals surface area contributed by atoms with Gasteiger partial charge in [-0.3, -0.25) is 20.4 Å². The number of rotatable bonds is 4. The third kappa shape index (κ3) is 4.35. The van der Waals surface area contributed by atoms with Gasteiger partial charge >= 0.3 is 0 Å². The van der Waals surface area contributed by atoms with E-state index in [1.807, 2.05) is 42.5 Å². The SMILES string of the molecule is COc1ccc(-c2cc(C(=O)NNC(=O)c3ccc(F)cc3)c3ccccc3n2)cc1. The minimum atomic E-state index is -0.554. The fourth-order valence-electron chi connectivity index (χ4n) is 3.13. The molecule has 2 amide bonds. The fourth-order valence-corrected chi connectivity index (χ4v) is 3.13. The molecule has 0 bridgehead atoms. The Morgan fingerprint density at radius 1 is 0.871 bits per heavy atom. The molecule has 7 heteroatoms. The largest absolute Gasteiger partial charge is 0.497 e. The molecule has 1 aromatic heterocycles. The highest BCUT2D eigenvalue weighted by atomic mass is 19.1. The van der Waals surface area contributed by atoms with Gasteiger partial charge in [-0.05, 0) is 60.7 Å². The Morgan fingerprint density at radius 2 is 1.55 bits per heavy atom. The van der Waals surface area contributed by atoms with E-state index in [0.29, 0.717) is 27.9 Å². The number of hydrazine groups is 1. The molecular formula is C24H18FN3O3. The van der Waals surface area contributed by atoms with Crippen molar-refractivity contribution in [2.24, 2.45) is 0 Å². The molecule has 0 atom stereocenters. The number of nitrogens with one attached hydrogen (secondary N) is 2. The number of benzene rings is 3. The third-order valence-corrected chi connectivity index (χ3v) is 4.74. The number of nitrogens with zero attached hydrogens (tertiary/aromatic N) is 1. The predicted octanol–water partition coefficient (Wildman–Crippen LogP) is 4.12. The second-order valence-corrected chi connectivity index (χ2v) is 6.72. The normalized spacial score (nSPS) is 10.5. The molecule has 1 heterocycles. The Labute approximate surface area is 177 Å². The molecule has 31 heavy (non-hydrogen) atoms. The number of amides is 2. The van der Waals surface area contributed by atoms with Gasteiger partial charge in [-0.25, -0.2) is 9.37 Å². The molecule has 0 spiro atoms. The van der Waals surface area contributed by atoms with Gasteiger partial charge in [0.15, 0.2) is 0 Å². The average molecular weight is 415 g/mol. The summed E-state index contributed by atoms with van der Waals surface area (Å²) in [5.74, 6) is -0.785.